The maximum Gasteiger partial charge on any atom is 0.241 e. The van der Waals surface area contributed by atoms with E-state index in [1.807, 2.05) is 58.9 Å². The second-order valence-corrected chi connectivity index (χ2v) is 7.65. The second kappa shape index (κ2) is 6.23. The molecular formula is C18H23NO2S. The Bertz CT molecular complexity index is 795. The minimum Gasteiger partial charge on any atom is -0.207 e. The van der Waals surface area contributed by atoms with Crippen LogP contribution in [0.4, 0.5) is 0 Å². The molecule has 2 aromatic rings. The van der Waals surface area contributed by atoms with E-state index >= 15 is 0 Å². The summed E-state index contributed by atoms with van der Waals surface area (Å²) in [6.07, 6.45) is 0. The molecule has 0 fully saturated rings. The van der Waals surface area contributed by atoms with E-state index in [1.54, 1.807) is 6.07 Å². The van der Waals surface area contributed by atoms with Crippen molar-refractivity contribution >= 4 is 10.0 Å². The predicted octanol–water partition coefficient (Wildman–Crippen LogP) is 3.96. The van der Waals surface area contributed by atoms with Crippen molar-refractivity contribution in [2.75, 3.05) is 0 Å². The molecule has 1 unspecified atom stereocenters. The number of rotatable bonds is 4. The Morgan fingerprint density at radius 1 is 0.864 bits per heavy atom. The summed E-state index contributed by atoms with van der Waals surface area (Å²) in [7, 11) is -3.53. The zero-order valence-electron chi connectivity index (χ0n) is 13.8. The summed E-state index contributed by atoms with van der Waals surface area (Å²) >= 11 is 0. The minimum atomic E-state index is -3.53. The molecule has 0 radical (unpaired) electrons. The van der Waals surface area contributed by atoms with Gasteiger partial charge in [-0.15, -0.1) is 0 Å². The van der Waals surface area contributed by atoms with Crippen LogP contribution in [0.25, 0.3) is 0 Å². The molecule has 0 spiro atoms. The van der Waals surface area contributed by atoms with Crippen LogP contribution in [0.1, 0.15) is 40.8 Å². The van der Waals surface area contributed by atoms with Gasteiger partial charge in [0.1, 0.15) is 0 Å². The monoisotopic (exact) mass is 317 g/mol. The molecule has 22 heavy (non-hydrogen) atoms. The van der Waals surface area contributed by atoms with E-state index in [0.717, 1.165) is 22.3 Å². The average molecular weight is 317 g/mol. The Morgan fingerprint density at radius 3 is 1.95 bits per heavy atom. The van der Waals surface area contributed by atoms with Gasteiger partial charge >= 0.3 is 0 Å². The smallest absolute Gasteiger partial charge is 0.207 e. The third-order valence-corrected chi connectivity index (χ3v) is 5.54. The predicted molar refractivity (Wildman–Crippen MR) is 90.6 cm³/mol. The normalized spacial score (nSPS) is 13.1. The number of hydrogen-bond acceptors (Lipinski definition) is 2. The Kier molecular flexibility index (Phi) is 4.73. The highest BCUT2D eigenvalue weighted by Gasteiger charge is 2.21. The standard InChI is InChI=1S/C18H23NO2S/c1-12-6-8-17(14(3)10-12)16(5)19-22(20,21)18-9-7-13(2)11-15(18)4/h6-11,16,19H,1-5H3. The average Bonchev–Trinajstić information content (AvgIpc) is 2.37. The van der Waals surface area contributed by atoms with E-state index in [0.29, 0.717) is 4.90 Å². The van der Waals surface area contributed by atoms with Crippen LogP contribution in [-0.2, 0) is 10.0 Å². The molecule has 3 nitrogen and oxygen atoms in total. The lowest BCUT2D eigenvalue weighted by Gasteiger charge is -2.18. The van der Waals surface area contributed by atoms with Gasteiger partial charge in [-0.05, 0) is 57.4 Å². The summed E-state index contributed by atoms with van der Waals surface area (Å²) in [5, 5.41) is 0. The van der Waals surface area contributed by atoms with E-state index in [1.165, 1.54) is 5.56 Å². The summed E-state index contributed by atoms with van der Waals surface area (Å²) in [5.74, 6) is 0. The van der Waals surface area contributed by atoms with Crippen LogP contribution in [-0.4, -0.2) is 8.42 Å². The molecule has 1 atom stereocenters. The Morgan fingerprint density at radius 2 is 1.41 bits per heavy atom. The molecule has 2 aromatic carbocycles. The van der Waals surface area contributed by atoms with Gasteiger partial charge in [0.15, 0.2) is 0 Å². The molecule has 118 valence electrons. The quantitative estimate of drug-likeness (QED) is 0.928. The van der Waals surface area contributed by atoms with E-state index in [-0.39, 0.29) is 6.04 Å². The van der Waals surface area contributed by atoms with Gasteiger partial charge in [0, 0.05) is 6.04 Å². The van der Waals surface area contributed by atoms with Crippen molar-refractivity contribution in [2.45, 2.75) is 45.6 Å². The highest BCUT2D eigenvalue weighted by molar-refractivity contribution is 7.89. The maximum absolute atomic E-state index is 12.6. The molecule has 1 N–H and O–H groups in total. The van der Waals surface area contributed by atoms with Gasteiger partial charge in [-0.3, -0.25) is 0 Å². The molecule has 0 aliphatic carbocycles. The number of hydrogen-bond donors (Lipinski definition) is 1. The summed E-state index contributed by atoms with van der Waals surface area (Å²) in [6.45, 7) is 9.68. The first-order valence-corrected chi connectivity index (χ1v) is 8.86. The van der Waals surface area contributed by atoms with Crippen molar-refractivity contribution in [3.05, 3.63) is 64.2 Å². The van der Waals surface area contributed by atoms with E-state index in [4.69, 9.17) is 0 Å². The van der Waals surface area contributed by atoms with E-state index < -0.39 is 10.0 Å². The Balaban J connectivity index is 2.31. The zero-order valence-corrected chi connectivity index (χ0v) is 14.6. The van der Waals surface area contributed by atoms with Crippen LogP contribution in [0.2, 0.25) is 0 Å². The fraction of sp³-hybridized carbons (Fsp3) is 0.333. The van der Waals surface area contributed by atoms with Crippen molar-refractivity contribution < 1.29 is 8.42 Å². The first kappa shape index (κ1) is 16.7. The van der Waals surface area contributed by atoms with Crippen molar-refractivity contribution in [3.8, 4) is 0 Å². The van der Waals surface area contributed by atoms with E-state index in [2.05, 4.69) is 10.8 Å². The van der Waals surface area contributed by atoms with Gasteiger partial charge in [0.05, 0.1) is 4.90 Å². The number of sulfonamides is 1. The van der Waals surface area contributed by atoms with Gasteiger partial charge in [0.2, 0.25) is 10.0 Å². The Hall–Kier alpha value is -1.65. The maximum atomic E-state index is 12.6. The van der Waals surface area contributed by atoms with Gasteiger partial charge in [-0.2, -0.15) is 0 Å². The van der Waals surface area contributed by atoms with Crippen LogP contribution < -0.4 is 4.72 Å². The zero-order chi connectivity index (χ0) is 16.5. The highest BCUT2D eigenvalue weighted by atomic mass is 32.2. The molecule has 0 saturated heterocycles. The number of nitrogens with one attached hydrogen (secondary N) is 1. The molecule has 0 amide bonds. The largest absolute Gasteiger partial charge is 0.241 e. The van der Waals surface area contributed by atoms with E-state index in [9.17, 15) is 8.42 Å². The first-order valence-electron chi connectivity index (χ1n) is 7.37. The van der Waals surface area contributed by atoms with Crippen molar-refractivity contribution in [1.82, 2.24) is 4.72 Å². The van der Waals surface area contributed by atoms with Gasteiger partial charge in [-0.25, -0.2) is 13.1 Å². The highest BCUT2D eigenvalue weighted by Crippen LogP contribution is 2.23. The molecule has 0 saturated carbocycles. The Labute approximate surface area is 133 Å². The van der Waals surface area contributed by atoms with Gasteiger partial charge < -0.3 is 0 Å². The third kappa shape index (κ3) is 3.57. The van der Waals surface area contributed by atoms with Crippen molar-refractivity contribution in [2.24, 2.45) is 0 Å². The third-order valence-electron chi connectivity index (χ3n) is 3.84. The van der Waals surface area contributed by atoms with Crippen molar-refractivity contribution in [3.63, 3.8) is 0 Å². The van der Waals surface area contributed by atoms with Gasteiger partial charge in [0.25, 0.3) is 0 Å². The molecule has 0 aliphatic heterocycles. The van der Waals surface area contributed by atoms with Crippen LogP contribution in [0.3, 0.4) is 0 Å². The number of aryl methyl sites for hydroxylation is 4. The van der Waals surface area contributed by atoms with Crippen LogP contribution in [0.5, 0.6) is 0 Å². The summed E-state index contributed by atoms with van der Waals surface area (Å²) in [4.78, 5) is 0.342. The fourth-order valence-electron chi connectivity index (χ4n) is 2.77. The summed E-state index contributed by atoms with van der Waals surface area (Å²) in [5.41, 5.74) is 5.08. The lowest BCUT2D eigenvalue weighted by atomic mass is 10.0. The second-order valence-electron chi connectivity index (χ2n) is 5.97. The first-order chi connectivity index (χ1) is 10.2. The van der Waals surface area contributed by atoms with Gasteiger partial charge in [-0.1, -0.05) is 41.5 Å². The van der Waals surface area contributed by atoms with Crippen molar-refractivity contribution in [1.29, 1.82) is 0 Å². The van der Waals surface area contributed by atoms with Crippen LogP contribution in [0, 0.1) is 27.7 Å². The molecule has 0 aliphatic rings. The molecule has 2 rings (SSSR count). The van der Waals surface area contributed by atoms with Crippen LogP contribution >= 0.6 is 0 Å². The lowest BCUT2D eigenvalue weighted by molar-refractivity contribution is 0.566. The van der Waals surface area contributed by atoms with Crippen LogP contribution in [0.15, 0.2) is 41.3 Å². The lowest BCUT2D eigenvalue weighted by Crippen LogP contribution is -2.28. The summed E-state index contributed by atoms with van der Waals surface area (Å²) < 4.78 is 28.0. The molecule has 0 aromatic heterocycles. The molecular weight excluding hydrogens is 294 g/mol. The summed E-state index contributed by atoms with van der Waals surface area (Å²) in [6, 6.07) is 11.2. The number of benzene rings is 2. The molecule has 0 heterocycles. The SMILES string of the molecule is Cc1ccc(C(C)NS(=O)(=O)c2ccc(C)cc2C)c(C)c1. The molecule has 0 bridgehead atoms. The topological polar surface area (TPSA) is 46.2 Å². The fourth-order valence-corrected chi connectivity index (χ4v) is 4.22. The minimum absolute atomic E-state index is 0.272. The molecule has 4 heteroatoms.